The van der Waals surface area contributed by atoms with Crippen molar-refractivity contribution in [3.05, 3.63) is 56.3 Å². The fourth-order valence-corrected chi connectivity index (χ4v) is 3.81. The number of ether oxygens (including phenoxy) is 2. The maximum absolute atomic E-state index is 14.1. The van der Waals surface area contributed by atoms with Gasteiger partial charge in [-0.3, -0.25) is 4.79 Å². The molecule has 148 valence electrons. The van der Waals surface area contributed by atoms with Gasteiger partial charge in [-0.25, -0.2) is 19.0 Å². The second-order valence-corrected chi connectivity index (χ2v) is 6.67. The zero-order valence-electron chi connectivity index (χ0n) is 16.0. The minimum atomic E-state index is -0.737. The monoisotopic (exact) mass is 405 g/mol. The molecular formula is C20H20FNO5S. The summed E-state index contributed by atoms with van der Waals surface area (Å²) >= 11 is 0.794. The van der Waals surface area contributed by atoms with Crippen molar-refractivity contribution in [3.8, 4) is 0 Å². The number of nitrogens with zero attached hydrogens (tertiary/aromatic N) is 1. The molecule has 0 radical (unpaired) electrons. The average Bonchev–Trinajstić information content (AvgIpc) is 2.63. The van der Waals surface area contributed by atoms with Gasteiger partial charge in [0.15, 0.2) is 5.78 Å². The lowest BCUT2D eigenvalue weighted by molar-refractivity contribution is 0.0482. The van der Waals surface area contributed by atoms with E-state index in [1.54, 1.807) is 19.9 Å². The SMILES string of the molecule is CCOC(=O)c1sc(=Nc2ccccc2F)c(C(C)=O)c(C)c1C(=O)OCC. The van der Waals surface area contributed by atoms with Crippen LogP contribution in [0.3, 0.4) is 0 Å². The molecule has 0 unspecified atom stereocenters. The molecule has 0 aliphatic heterocycles. The van der Waals surface area contributed by atoms with Gasteiger partial charge in [0.05, 0.1) is 24.3 Å². The quantitative estimate of drug-likeness (QED) is 0.536. The van der Waals surface area contributed by atoms with E-state index in [-0.39, 0.29) is 50.9 Å². The summed E-state index contributed by atoms with van der Waals surface area (Å²) < 4.78 is 24.3. The van der Waals surface area contributed by atoms with Crippen LogP contribution in [0.25, 0.3) is 0 Å². The zero-order valence-corrected chi connectivity index (χ0v) is 16.8. The number of halogens is 1. The lowest BCUT2D eigenvalue weighted by Crippen LogP contribution is -2.22. The normalized spacial score (nSPS) is 11.2. The van der Waals surface area contributed by atoms with Gasteiger partial charge in [0.1, 0.15) is 21.1 Å². The molecule has 8 heteroatoms. The van der Waals surface area contributed by atoms with E-state index in [1.165, 1.54) is 32.0 Å². The highest BCUT2D eigenvalue weighted by molar-refractivity contribution is 7.11. The van der Waals surface area contributed by atoms with Gasteiger partial charge in [-0.15, -0.1) is 11.3 Å². The molecule has 6 nitrogen and oxygen atoms in total. The zero-order chi connectivity index (χ0) is 20.8. The number of esters is 2. The third-order valence-electron chi connectivity index (χ3n) is 3.76. The molecule has 1 aromatic carbocycles. The van der Waals surface area contributed by atoms with E-state index in [2.05, 4.69) is 4.99 Å². The van der Waals surface area contributed by atoms with Crippen LogP contribution in [0.1, 0.15) is 56.7 Å². The maximum Gasteiger partial charge on any atom is 0.349 e. The van der Waals surface area contributed by atoms with Gasteiger partial charge in [-0.2, -0.15) is 0 Å². The van der Waals surface area contributed by atoms with E-state index in [0.29, 0.717) is 0 Å². The lowest BCUT2D eigenvalue weighted by Gasteiger charge is -2.13. The van der Waals surface area contributed by atoms with E-state index in [9.17, 15) is 18.8 Å². The fraction of sp³-hybridized carbons (Fsp3) is 0.300. The Morgan fingerprint density at radius 2 is 1.64 bits per heavy atom. The first-order chi connectivity index (χ1) is 13.3. The summed E-state index contributed by atoms with van der Waals surface area (Å²) in [6.07, 6.45) is 0. The molecule has 0 aliphatic carbocycles. The molecule has 0 atom stereocenters. The number of rotatable bonds is 6. The molecule has 1 aromatic heterocycles. The van der Waals surface area contributed by atoms with Crippen LogP contribution in [-0.2, 0) is 9.47 Å². The van der Waals surface area contributed by atoms with E-state index in [4.69, 9.17) is 9.47 Å². The third kappa shape index (κ3) is 4.51. The van der Waals surface area contributed by atoms with E-state index in [1.807, 2.05) is 0 Å². The van der Waals surface area contributed by atoms with Crippen LogP contribution in [-0.4, -0.2) is 30.9 Å². The minimum absolute atomic E-state index is 0.0133. The Morgan fingerprint density at radius 1 is 1.04 bits per heavy atom. The lowest BCUT2D eigenvalue weighted by atomic mass is 10.0. The van der Waals surface area contributed by atoms with Crippen molar-refractivity contribution in [2.24, 2.45) is 4.99 Å². The van der Waals surface area contributed by atoms with Crippen LogP contribution in [0.4, 0.5) is 10.1 Å². The van der Waals surface area contributed by atoms with E-state index >= 15 is 0 Å². The highest BCUT2D eigenvalue weighted by atomic mass is 32.1. The van der Waals surface area contributed by atoms with Crippen molar-refractivity contribution in [1.82, 2.24) is 0 Å². The number of ketones is 1. The first kappa shape index (κ1) is 21.4. The Kier molecular flexibility index (Phi) is 7.17. The molecule has 0 aliphatic rings. The van der Waals surface area contributed by atoms with Gasteiger partial charge in [-0.05, 0) is 45.4 Å². The summed E-state index contributed by atoms with van der Waals surface area (Å²) in [7, 11) is 0. The van der Waals surface area contributed by atoms with E-state index in [0.717, 1.165) is 11.3 Å². The third-order valence-corrected chi connectivity index (χ3v) is 4.82. The summed E-state index contributed by atoms with van der Waals surface area (Å²) in [5.74, 6) is -2.42. The van der Waals surface area contributed by atoms with Crippen molar-refractivity contribution < 1.29 is 28.2 Å². The highest BCUT2D eigenvalue weighted by Gasteiger charge is 2.27. The van der Waals surface area contributed by atoms with Crippen LogP contribution >= 0.6 is 11.3 Å². The molecule has 0 fully saturated rings. The van der Waals surface area contributed by atoms with E-state index < -0.39 is 17.8 Å². The van der Waals surface area contributed by atoms with Crippen molar-refractivity contribution in [3.63, 3.8) is 0 Å². The Hall–Kier alpha value is -2.87. The van der Waals surface area contributed by atoms with Gasteiger partial charge < -0.3 is 9.47 Å². The molecular weight excluding hydrogens is 385 g/mol. The molecule has 2 aromatic rings. The van der Waals surface area contributed by atoms with Gasteiger partial charge in [0, 0.05) is 0 Å². The molecule has 0 saturated heterocycles. The standard InChI is InChI=1S/C20H20FNO5S/c1-5-26-19(24)16-11(3)15(12(4)23)18(28-17(16)20(25)27-6-2)22-14-10-8-7-9-13(14)21/h7-10H,5-6H2,1-4H3. The maximum atomic E-state index is 14.1. The number of para-hydroxylation sites is 1. The summed E-state index contributed by atoms with van der Waals surface area (Å²) in [4.78, 5) is 41.4. The molecule has 0 saturated carbocycles. The van der Waals surface area contributed by atoms with Gasteiger partial charge in [0.2, 0.25) is 0 Å². The first-order valence-corrected chi connectivity index (χ1v) is 9.45. The van der Waals surface area contributed by atoms with Crippen LogP contribution in [0, 0.1) is 12.7 Å². The molecule has 0 amide bonds. The molecule has 2 rings (SSSR count). The van der Waals surface area contributed by atoms with Crippen LogP contribution in [0.2, 0.25) is 0 Å². The summed E-state index contributed by atoms with van der Waals surface area (Å²) in [6.45, 7) is 6.30. The van der Waals surface area contributed by atoms with Crippen LogP contribution in [0.5, 0.6) is 0 Å². The highest BCUT2D eigenvalue weighted by Crippen LogP contribution is 2.24. The molecule has 0 bridgehead atoms. The number of benzene rings is 1. The van der Waals surface area contributed by atoms with Crippen LogP contribution < -0.4 is 4.67 Å². The molecule has 0 spiro atoms. The Labute approximate surface area is 165 Å². The van der Waals surface area contributed by atoms with Gasteiger partial charge >= 0.3 is 11.9 Å². The summed E-state index contributed by atoms with van der Waals surface area (Å²) in [6, 6.07) is 5.81. The van der Waals surface area contributed by atoms with Crippen molar-refractivity contribution in [1.29, 1.82) is 0 Å². The number of Topliss-reactive ketones (excluding diaryl/α,β-unsaturated/α-hetero) is 1. The number of hydrogen-bond donors (Lipinski definition) is 0. The Morgan fingerprint density at radius 3 is 2.21 bits per heavy atom. The van der Waals surface area contributed by atoms with Gasteiger partial charge in [-0.1, -0.05) is 12.1 Å². The molecule has 1 heterocycles. The smallest absolute Gasteiger partial charge is 0.349 e. The predicted molar refractivity (Wildman–Crippen MR) is 103 cm³/mol. The van der Waals surface area contributed by atoms with Crippen molar-refractivity contribution in [2.75, 3.05) is 13.2 Å². The topological polar surface area (TPSA) is 82.0 Å². The summed E-state index contributed by atoms with van der Waals surface area (Å²) in [5.41, 5.74) is 0.342. The molecule has 0 N–H and O–H groups in total. The fourth-order valence-electron chi connectivity index (χ4n) is 2.59. The summed E-state index contributed by atoms with van der Waals surface area (Å²) in [5, 5.41) is 0. The first-order valence-electron chi connectivity index (χ1n) is 8.63. The Balaban J connectivity index is 2.90. The predicted octanol–water partition coefficient (Wildman–Crippen LogP) is 3.98. The number of carbonyl (C=O) groups is 3. The van der Waals surface area contributed by atoms with Crippen LogP contribution in [0.15, 0.2) is 29.3 Å². The Bertz CT molecular complexity index is 997. The second kappa shape index (κ2) is 9.36. The average molecular weight is 405 g/mol. The number of hydrogen-bond acceptors (Lipinski definition) is 7. The second-order valence-electron chi connectivity index (χ2n) is 5.67. The number of carbonyl (C=O) groups excluding carboxylic acids is 3. The molecule has 28 heavy (non-hydrogen) atoms. The largest absolute Gasteiger partial charge is 0.462 e. The van der Waals surface area contributed by atoms with Gasteiger partial charge in [0.25, 0.3) is 0 Å². The minimum Gasteiger partial charge on any atom is -0.462 e. The van der Waals surface area contributed by atoms with Crippen molar-refractivity contribution in [2.45, 2.75) is 27.7 Å². The van der Waals surface area contributed by atoms with Crippen molar-refractivity contribution >= 4 is 34.7 Å².